The van der Waals surface area contributed by atoms with Crippen LogP contribution in [0.2, 0.25) is 0 Å². The zero-order chi connectivity index (χ0) is 14.5. The van der Waals surface area contributed by atoms with E-state index in [0.29, 0.717) is 0 Å². The molecule has 20 heavy (non-hydrogen) atoms. The highest BCUT2D eigenvalue weighted by Gasteiger charge is 2.06. The first-order valence-corrected chi connectivity index (χ1v) is 7.66. The van der Waals surface area contributed by atoms with Crippen molar-refractivity contribution in [2.75, 3.05) is 0 Å². The number of aryl methyl sites for hydroxylation is 1. The van der Waals surface area contributed by atoms with E-state index in [-0.39, 0.29) is 6.04 Å². The molecule has 0 amide bonds. The number of hydrogen-bond acceptors (Lipinski definition) is 2. The smallest absolute Gasteiger partial charge is 0.128 e. The molecule has 0 aliphatic rings. The first kappa shape index (κ1) is 15.1. The average molecular weight is 334 g/mol. The van der Waals surface area contributed by atoms with Gasteiger partial charge in [0.15, 0.2) is 0 Å². The fourth-order valence-electron chi connectivity index (χ4n) is 2.05. The molecule has 0 spiro atoms. The van der Waals surface area contributed by atoms with E-state index in [2.05, 4.69) is 41.9 Å². The first-order valence-electron chi connectivity index (χ1n) is 6.87. The predicted molar refractivity (Wildman–Crippen MR) is 87.4 cm³/mol. The molecule has 2 aromatic rings. The van der Waals surface area contributed by atoms with Gasteiger partial charge in [-0.05, 0) is 61.2 Å². The molecule has 0 aliphatic heterocycles. The Labute approximate surface area is 129 Å². The van der Waals surface area contributed by atoms with Gasteiger partial charge in [-0.25, -0.2) is 0 Å². The number of benzene rings is 2. The maximum absolute atomic E-state index is 6.02. The van der Waals surface area contributed by atoms with Crippen LogP contribution in [0.25, 0.3) is 0 Å². The molecule has 2 aromatic carbocycles. The summed E-state index contributed by atoms with van der Waals surface area (Å²) in [6.45, 7) is 4.22. The fourth-order valence-corrected chi connectivity index (χ4v) is 2.43. The van der Waals surface area contributed by atoms with Crippen molar-refractivity contribution < 1.29 is 4.74 Å². The third-order valence-corrected chi connectivity index (χ3v) is 3.85. The van der Waals surface area contributed by atoms with Crippen molar-refractivity contribution in [3.8, 4) is 11.5 Å². The van der Waals surface area contributed by atoms with Crippen molar-refractivity contribution >= 4 is 15.9 Å². The maximum atomic E-state index is 6.02. The van der Waals surface area contributed by atoms with E-state index < -0.39 is 0 Å². The van der Waals surface area contributed by atoms with Crippen molar-refractivity contribution in [2.24, 2.45) is 5.73 Å². The van der Waals surface area contributed by atoms with Crippen LogP contribution in [-0.2, 0) is 6.42 Å². The van der Waals surface area contributed by atoms with E-state index in [0.717, 1.165) is 28.8 Å². The molecule has 1 unspecified atom stereocenters. The lowest BCUT2D eigenvalue weighted by Gasteiger charge is -2.13. The minimum absolute atomic E-state index is 0.227. The van der Waals surface area contributed by atoms with Crippen molar-refractivity contribution in [3.05, 3.63) is 58.1 Å². The van der Waals surface area contributed by atoms with E-state index in [4.69, 9.17) is 10.5 Å². The summed E-state index contributed by atoms with van der Waals surface area (Å²) in [7, 11) is 0. The third-order valence-electron chi connectivity index (χ3n) is 3.35. The van der Waals surface area contributed by atoms with Gasteiger partial charge in [0.05, 0.1) is 0 Å². The lowest BCUT2D eigenvalue weighted by molar-refractivity contribution is 0.481. The van der Waals surface area contributed by atoms with Crippen LogP contribution in [0, 0.1) is 6.92 Å². The Balaban J connectivity index is 2.13. The highest BCUT2D eigenvalue weighted by molar-refractivity contribution is 9.10. The summed E-state index contributed by atoms with van der Waals surface area (Å²) in [6, 6.07) is 14.2. The maximum Gasteiger partial charge on any atom is 0.128 e. The minimum atomic E-state index is 0.227. The minimum Gasteiger partial charge on any atom is -0.457 e. The monoisotopic (exact) mass is 333 g/mol. The molecule has 1 atom stereocenters. The second-order valence-electron chi connectivity index (χ2n) is 5.02. The Morgan fingerprint density at radius 3 is 2.55 bits per heavy atom. The first-order chi connectivity index (χ1) is 9.58. The summed E-state index contributed by atoms with van der Waals surface area (Å²) in [5.41, 5.74) is 8.53. The molecule has 0 fully saturated rings. The second kappa shape index (κ2) is 6.91. The van der Waals surface area contributed by atoms with Gasteiger partial charge in [-0.2, -0.15) is 0 Å². The van der Waals surface area contributed by atoms with Crippen molar-refractivity contribution in [3.63, 3.8) is 0 Å². The van der Waals surface area contributed by atoms with Gasteiger partial charge in [-0.1, -0.05) is 35.0 Å². The molecule has 3 heteroatoms. The number of ether oxygens (including phenoxy) is 1. The molecule has 0 aromatic heterocycles. The largest absolute Gasteiger partial charge is 0.457 e. The van der Waals surface area contributed by atoms with Crippen LogP contribution >= 0.6 is 15.9 Å². The topological polar surface area (TPSA) is 35.2 Å². The van der Waals surface area contributed by atoms with E-state index >= 15 is 0 Å². The van der Waals surface area contributed by atoms with Crippen molar-refractivity contribution in [1.29, 1.82) is 0 Å². The standard InChI is InChI=1S/C17H20BrNO/c1-3-15(19)10-13-7-8-17(9-12(13)2)20-16-6-4-5-14(18)11-16/h4-9,11,15H,3,10,19H2,1-2H3. The molecule has 0 aliphatic carbocycles. The number of hydrogen-bond donors (Lipinski definition) is 1. The summed E-state index contributed by atoms with van der Waals surface area (Å²) in [5, 5.41) is 0. The molecule has 0 saturated heterocycles. The predicted octanol–water partition coefficient (Wildman–Crippen LogP) is 4.83. The Bertz CT molecular complexity index is 583. The van der Waals surface area contributed by atoms with Crippen LogP contribution < -0.4 is 10.5 Å². The van der Waals surface area contributed by atoms with Gasteiger partial charge in [0.2, 0.25) is 0 Å². The summed E-state index contributed by atoms with van der Waals surface area (Å²) < 4.78 is 6.88. The van der Waals surface area contributed by atoms with Crippen LogP contribution in [0.1, 0.15) is 24.5 Å². The fraction of sp³-hybridized carbons (Fsp3) is 0.294. The SMILES string of the molecule is CCC(N)Cc1ccc(Oc2cccc(Br)c2)cc1C. The molecule has 0 saturated carbocycles. The van der Waals surface area contributed by atoms with Crippen LogP contribution in [-0.4, -0.2) is 6.04 Å². The summed E-state index contributed by atoms with van der Waals surface area (Å²) in [5.74, 6) is 1.69. The molecule has 0 heterocycles. The van der Waals surface area contributed by atoms with E-state index in [1.807, 2.05) is 30.3 Å². The van der Waals surface area contributed by atoms with Crippen LogP contribution in [0.15, 0.2) is 46.9 Å². The molecule has 2 nitrogen and oxygen atoms in total. The summed E-state index contributed by atoms with van der Waals surface area (Å²) in [6.07, 6.45) is 1.91. The zero-order valence-corrected chi connectivity index (χ0v) is 13.5. The summed E-state index contributed by atoms with van der Waals surface area (Å²) >= 11 is 3.44. The highest BCUT2D eigenvalue weighted by Crippen LogP contribution is 2.26. The highest BCUT2D eigenvalue weighted by atomic mass is 79.9. The molecule has 0 bridgehead atoms. The van der Waals surface area contributed by atoms with Crippen LogP contribution in [0.4, 0.5) is 0 Å². The van der Waals surface area contributed by atoms with E-state index in [1.54, 1.807) is 0 Å². The Kier molecular flexibility index (Phi) is 5.21. The van der Waals surface area contributed by atoms with Gasteiger partial charge in [-0.3, -0.25) is 0 Å². The third kappa shape index (κ3) is 4.09. The van der Waals surface area contributed by atoms with Gasteiger partial charge in [-0.15, -0.1) is 0 Å². The Morgan fingerprint density at radius 2 is 1.90 bits per heavy atom. The average Bonchev–Trinajstić information content (AvgIpc) is 2.41. The van der Waals surface area contributed by atoms with Gasteiger partial charge < -0.3 is 10.5 Å². The molecule has 2 N–H and O–H groups in total. The van der Waals surface area contributed by atoms with Gasteiger partial charge in [0.25, 0.3) is 0 Å². The van der Waals surface area contributed by atoms with Gasteiger partial charge >= 0.3 is 0 Å². The number of rotatable bonds is 5. The molecule has 2 rings (SSSR count). The second-order valence-corrected chi connectivity index (χ2v) is 5.94. The Hall–Kier alpha value is -1.32. The van der Waals surface area contributed by atoms with E-state index in [9.17, 15) is 0 Å². The van der Waals surface area contributed by atoms with Gasteiger partial charge in [0, 0.05) is 10.5 Å². The number of nitrogens with two attached hydrogens (primary N) is 1. The van der Waals surface area contributed by atoms with Crippen LogP contribution in [0.5, 0.6) is 11.5 Å². The normalized spacial score (nSPS) is 12.2. The lowest BCUT2D eigenvalue weighted by Crippen LogP contribution is -2.21. The van der Waals surface area contributed by atoms with E-state index in [1.165, 1.54) is 11.1 Å². The van der Waals surface area contributed by atoms with Crippen LogP contribution in [0.3, 0.4) is 0 Å². The molecular formula is C17H20BrNO. The molecule has 0 radical (unpaired) electrons. The lowest BCUT2D eigenvalue weighted by atomic mass is 10.00. The number of halogens is 1. The van der Waals surface area contributed by atoms with Crippen molar-refractivity contribution in [1.82, 2.24) is 0 Å². The summed E-state index contributed by atoms with van der Waals surface area (Å²) in [4.78, 5) is 0. The molecule has 106 valence electrons. The quantitative estimate of drug-likeness (QED) is 0.850. The molecular weight excluding hydrogens is 314 g/mol. The van der Waals surface area contributed by atoms with Crippen molar-refractivity contribution in [2.45, 2.75) is 32.7 Å². The Morgan fingerprint density at radius 1 is 1.15 bits per heavy atom. The zero-order valence-electron chi connectivity index (χ0n) is 11.9. The van der Waals surface area contributed by atoms with Gasteiger partial charge in [0.1, 0.15) is 11.5 Å².